The number of ether oxygens (including phenoxy) is 1. The normalized spacial score (nSPS) is 11.9. The van der Waals surface area contributed by atoms with Crippen molar-refractivity contribution in [3.05, 3.63) is 35.9 Å². The first-order valence-corrected chi connectivity index (χ1v) is 7.31. The van der Waals surface area contributed by atoms with Crippen LogP contribution in [0.5, 0.6) is 0 Å². The summed E-state index contributed by atoms with van der Waals surface area (Å²) in [7, 11) is -1.88. The van der Waals surface area contributed by atoms with Crippen molar-refractivity contribution in [3.8, 4) is 0 Å². The maximum absolute atomic E-state index is 11.7. The molecule has 0 amide bonds. The Morgan fingerprint density at radius 1 is 1.29 bits per heavy atom. The summed E-state index contributed by atoms with van der Waals surface area (Å²) in [6, 6.07) is 9.39. The van der Waals surface area contributed by atoms with Crippen LogP contribution >= 0.6 is 11.6 Å². The van der Waals surface area contributed by atoms with Gasteiger partial charge in [-0.3, -0.25) is 0 Å². The van der Waals surface area contributed by atoms with E-state index in [0.717, 1.165) is 5.56 Å². The van der Waals surface area contributed by atoms with Gasteiger partial charge in [0.2, 0.25) is 10.0 Å². The van der Waals surface area contributed by atoms with Crippen LogP contribution in [0.4, 0.5) is 0 Å². The van der Waals surface area contributed by atoms with Crippen molar-refractivity contribution in [1.29, 1.82) is 0 Å². The van der Waals surface area contributed by atoms with Gasteiger partial charge in [0.05, 0.1) is 6.61 Å². The zero-order valence-electron chi connectivity index (χ0n) is 9.67. The highest BCUT2D eigenvalue weighted by molar-refractivity contribution is 7.90. The summed E-state index contributed by atoms with van der Waals surface area (Å²) in [5.41, 5.74) is 0.928. The average molecular weight is 278 g/mol. The summed E-state index contributed by atoms with van der Waals surface area (Å²) < 4.78 is 29.7. The van der Waals surface area contributed by atoms with Crippen LogP contribution in [0.2, 0.25) is 0 Å². The first-order valence-electron chi connectivity index (χ1n) is 5.17. The Morgan fingerprint density at radius 2 is 1.94 bits per heavy atom. The molecular weight excluding hydrogens is 262 g/mol. The Morgan fingerprint density at radius 3 is 2.47 bits per heavy atom. The Bertz CT molecular complexity index is 422. The van der Waals surface area contributed by atoms with Gasteiger partial charge in [0.15, 0.2) is 0 Å². The van der Waals surface area contributed by atoms with E-state index in [9.17, 15) is 8.42 Å². The third kappa shape index (κ3) is 4.63. The second-order valence-electron chi connectivity index (χ2n) is 3.53. The molecule has 6 heteroatoms. The Balaban J connectivity index is 2.78. The first-order chi connectivity index (χ1) is 8.10. The second-order valence-corrected chi connectivity index (χ2v) is 6.09. The minimum Gasteiger partial charge on any atom is -0.383 e. The minimum absolute atomic E-state index is 0.306. The van der Waals surface area contributed by atoms with Crippen molar-refractivity contribution in [1.82, 2.24) is 4.31 Å². The van der Waals surface area contributed by atoms with Crippen molar-refractivity contribution in [2.45, 2.75) is 6.54 Å². The molecular formula is C11H16ClNO3S. The van der Waals surface area contributed by atoms with Gasteiger partial charge in [0.25, 0.3) is 0 Å². The molecule has 1 aromatic carbocycles. The number of benzene rings is 1. The number of hydrogen-bond donors (Lipinski definition) is 0. The summed E-state index contributed by atoms with van der Waals surface area (Å²) in [5, 5.41) is -0.413. The minimum atomic E-state index is -3.41. The monoisotopic (exact) mass is 277 g/mol. The van der Waals surface area contributed by atoms with E-state index in [4.69, 9.17) is 16.3 Å². The summed E-state index contributed by atoms with van der Waals surface area (Å²) in [6.45, 7) is 0.975. The van der Waals surface area contributed by atoms with Crippen LogP contribution in [0.3, 0.4) is 0 Å². The van der Waals surface area contributed by atoms with Crippen molar-refractivity contribution in [2.24, 2.45) is 0 Å². The van der Waals surface area contributed by atoms with Crippen molar-refractivity contribution >= 4 is 21.6 Å². The van der Waals surface area contributed by atoms with Gasteiger partial charge in [-0.1, -0.05) is 30.3 Å². The molecule has 0 spiro atoms. The molecule has 0 aliphatic heterocycles. The number of nitrogens with zero attached hydrogens (tertiary/aromatic N) is 1. The standard InChI is InChI=1S/C11H16ClNO3S/c1-16-8-7-13(17(14,15)10-12)9-11-5-3-2-4-6-11/h2-6H,7-10H2,1H3. The molecule has 4 nitrogen and oxygen atoms in total. The highest BCUT2D eigenvalue weighted by atomic mass is 35.5. The maximum atomic E-state index is 11.7. The first kappa shape index (κ1) is 14.4. The van der Waals surface area contributed by atoms with E-state index in [1.54, 1.807) is 0 Å². The zero-order valence-corrected chi connectivity index (χ0v) is 11.2. The average Bonchev–Trinajstić information content (AvgIpc) is 2.35. The van der Waals surface area contributed by atoms with Crippen LogP contribution in [0, 0.1) is 0 Å². The van der Waals surface area contributed by atoms with E-state index in [-0.39, 0.29) is 0 Å². The van der Waals surface area contributed by atoms with Crippen molar-refractivity contribution < 1.29 is 13.2 Å². The summed E-state index contributed by atoms with van der Waals surface area (Å²) in [5.74, 6) is 0. The van der Waals surface area contributed by atoms with Gasteiger partial charge in [-0.25, -0.2) is 8.42 Å². The smallest absolute Gasteiger partial charge is 0.228 e. The molecule has 0 atom stereocenters. The lowest BCUT2D eigenvalue weighted by Crippen LogP contribution is -2.34. The Hall–Kier alpha value is -0.620. The van der Waals surface area contributed by atoms with Crippen molar-refractivity contribution in [3.63, 3.8) is 0 Å². The molecule has 0 aliphatic rings. The third-order valence-electron chi connectivity index (χ3n) is 2.28. The number of halogens is 1. The topological polar surface area (TPSA) is 46.6 Å². The maximum Gasteiger partial charge on any atom is 0.228 e. The molecule has 0 unspecified atom stereocenters. The van der Waals surface area contributed by atoms with E-state index < -0.39 is 15.2 Å². The second kappa shape index (κ2) is 6.96. The molecule has 0 bridgehead atoms. The third-order valence-corrected chi connectivity index (χ3v) is 4.48. The van der Waals surface area contributed by atoms with Gasteiger partial charge in [-0.15, -0.1) is 11.6 Å². The predicted octanol–water partition coefficient (Wildman–Crippen LogP) is 1.66. The largest absolute Gasteiger partial charge is 0.383 e. The van der Waals surface area contributed by atoms with Crippen LogP contribution in [0.1, 0.15) is 5.56 Å². The van der Waals surface area contributed by atoms with Crippen LogP contribution in [-0.4, -0.2) is 38.2 Å². The lowest BCUT2D eigenvalue weighted by atomic mass is 10.2. The van der Waals surface area contributed by atoms with Crippen LogP contribution in [0.15, 0.2) is 30.3 Å². The molecule has 0 heterocycles. The molecule has 1 aromatic rings. The van der Waals surface area contributed by atoms with Gasteiger partial charge in [-0.2, -0.15) is 4.31 Å². The van der Waals surface area contributed by atoms with Gasteiger partial charge in [0.1, 0.15) is 5.21 Å². The molecule has 1 rings (SSSR count). The Labute approximate surface area is 107 Å². The number of hydrogen-bond acceptors (Lipinski definition) is 3. The summed E-state index contributed by atoms with van der Waals surface area (Å²) in [4.78, 5) is 0. The molecule has 0 N–H and O–H groups in total. The summed E-state index contributed by atoms with van der Waals surface area (Å²) >= 11 is 5.46. The Kier molecular flexibility index (Phi) is 5.91. The van der Waals surface area contributed by atoms with Gasteiger partial charge < -0.3 is 4.74 Å². The quantitative estimate of drug-likeness (QED) is 0.712. The van der Waals surface area contributed by atoms with E-state index in [1.807, 2.05) is 30.3 Å². The molecule has 0 aliphatic carbocycles. The number of methoxy groups -OCH3 is 1. The van der Waals surface area contributed by atoms with E-state index >= 15 is 0 Å². The fraction of sp³-hybridized carbons (Fsp3) is 0.455. The highest BCUT2D eigenvalue weighted by Gasteiger charge is 2.20. The lowest BCUT2D eigenvalue weighted by molar-refractivity contribution is 0.177. The van der Waals surface area contributed by atoms with Crippen LogP contribution in [0.25, 0.3) is 0 Å². The number of sulfonamides is 1. The van der Waals surface area contributed by atoms with Gasteiger partial charge in [0, 0.05) is 20.2 Å². The number of alkyl halides is 1. The van der Waals surface area contributed by atoms with Crippen LogP contribution in [-0.2, 0) is 21.3 Å². The van der Waals surface area contributed by atoms with E-state index in [0.29, 0.717) is 19.7 Å². The zero-order chi connectivity index (χ0) is 12.7. The van der Waals surface area contributed by atoms with Crippen LogP contribution < -0.4 is 0 Å². The van der Waals surface area contributed by atoms with Crippen molar-refractivity contribution in [2.75, 3.05) is 25.5 Å². The lowest BCUT2D eigenvalue weighted by Gasteiger charge is -2.20. The van der Waals surface area contributed by atoms with E-state index in [2.05, 4.69) is 0 Å². The molecule has 0 saturated carbocycles. The molecule has 96 valence electrons. The predicted molar refractivity (Wildman–Crippen MR) is 68.4 cm³/mol. The molecule has 17 heavy (non-hydrogen) atoms. The SMILES string of the molecule is COCCN(Cc1ccccc1)S(=O)(=O)CCl. The van der Waals surface area contributed by atoms with Gasteiger partial charge in [-0.05, 0) is 5.56 Å². The molecule has 0 radical (unpaired) electrons. The van der Waals surface area contributed by atoms with E-state index in [1.165, 1.54) is 11.4 Å². The summed E-state index contributed by atoms with van der Waals surface area (Å²) in [6.07, 6.45) is 0. The highest BCUT2D eigenvalue weighted by Crippen LogP contribution is 2.10. The fourth-order valence-corrected chi connectivity index (χ4v) is 2.62. The fourth-order valence-electron chi connectivity index (χ4n) is 1.37. The molecule has 0 aromatic heterocycles. The van der Waals surface area contributed by atoms with Gasteiger partial charge >= 0.3 is 0 Å². The molecule has 0 fully saturated rings. The molecule has 0 saturated heterocycles. The number of rotatable bonds is 7.